The number of carbonyl (C=O) groups excluding carboxylic acids is 1. The first kappa shape index (κ1) is 20.1. The maximum absolute atomic E-state index is 13.3. The number of hydrogen-bond donors (Lipinski definition) is 1. The summed E-state index contributed by atoms with van der Waals surface area (Å²) < 4.78 is 46.4. The number of hydrogen-bond acceptors (Lipinski definition) is 4. The predicted molar refractivity (Wildman–Crippen MR) is 93.0 cm³/mol. The molecule has 0 spiro atoms. The van der Waals surface area contributed by atoms with Gasteiger partial charge in [0.05, 0.1) is 30.2 Å². The maximum Gasteiger partial charge on any atom is 0.449 e. The molecule has 0 aliphatic carbocycles. The fourth-order valence-corrected chi connectivity index (χ4v) is 3.36. The molecule has 3 rings (SSSR count). The van der Waals surface area contributed by atoms with Crippen molar-refractivity contribution < 1.29 is 32.6 Å². The molecule has 1 amide bonds. The van der Waals surface area contributed by atoms with Gasteiger partial charge in [-0.2, -0.15) is 13.2 Å². The van der Waals surface area contributed by atoms with E-state index in [1.54, 1.807) is 13.8 Å². The number of nitrogens with zero attached hydrogens (tertiary/aromatic N) is 3. The molecule has 1 aromatic carbocycles. The minimum atomic E-state index is -4.61. The molecule has 1 unspecified atom stereocenters. The lowest BCUT2D eigenvalue weighted by molar-refractivity contribution is -0.147. The predicted octanol–water partition coefficient (Wildman–Crippen LogP) is 2.95. The van der Waals surface area contributed by atoms with E-state index in [4.69, 9.17) is 9.84 Å². The van der Waals surface area contributed by atoms with E-state index in [-0.39, 0.29) is 37.2 Å². The zero-order valence-corrected chi connectivity index (χ0v) is 15.4. The van der Waals surface area contributed by atoms with Gasteiger partial charge in [0.25, 0.3) is 5.91 Å². The van der Waals surface area contributed by atoms with Gasteiger partial charge in [0.15, 0.2) is 0 Å². The highest BCUT2D eigenvalue weighted by atomic mass is 19.4. The monoisotopic (exact) mass is 399 g/mol. The lowest BCUT2D eigenvalue weighted by atomic mass is 10.1. The molecule has 2 aromatic rings. The summed E-state index contributed by atoms with van der Waals surface area (Å²) in [5.74, 6) is -2.43. The molecular formula is C18H20F3N3O4. The zero-order valence-electron chi connectivity index (χ0n) is 15.4. The minimum Gasteiger partial charge on any atom is -0.481 e. The summed E-state index contributed by atoms with van der Waals surface area (Å²) in [5, 5.41) is 8.88. The van der Waals surface area contributed by atoms with Crippen molar-refractivity contribution in [1.29, 1.82) is 0 Å². The molecule has 28 heavy (non-hydrogen) atoms. The largest absolute Gasteiger partial charge is 0.481 e. The number of benzene rings is 1. The first-order chi connectivity index (χ1) is 13.1. The smallest absolute Gasteiger partial charge is 0.449 e. The van der Waals surface area contributed by atoms with E-state index in [9.17, 15) is 22.8 Å². The Balaban J connectivity index is 1.92. The van der Waals surface area contributed by atoms with Crippen LogP contribution in [0.15, 0.2) is 18.2 Å². The number of ether oxygens (including phenoxy) is 1. The third-order valence-corrected chi connectivity index (χ3v) is 4.53. The summed E-state index contributed by atoms with van der Waals surface area (Å²) in [7, 11) is 0. The molecule has 1 aromatic heterocycles. The number of fused-ring (bicyclic) bond motifs is 1. The van der Waals surface area contributed by atoms with Crippen LogP contribution in [0.3, 0.4) is 0 Å². The molecule has 1 aliphatic rings. The molecule has 10 heteroatoms. The van der Waals surface area contributed by atoms with Gasteiger partial charge in [-0.3, -0.25) is 9.59 Å². The Morgan fingerprint density at radius 2 is 2.07 bits per heavy atom. The van der Waals surface area contributed by atoms with Crippen molar-refractivity contribution in [2.24, 2.45) is 0 Å². The summed E-state index contributed by atoms with van der Waals surface area (Å²) in [6.45, 7) is 3.85. The Morgan fingerprint density at radius 1 is 1.36 bits per heavy atom. The quantitative estimate of drug-likeness (QED) is 0.855. The third kappa shape index (κ3) is 3.96. The van der Waals surface area contributed by atoms with Crippen LogP contribution >= 0.6 is 0 Å². The van der Waals surface area contributed by atoms with E-state index in [0.29, 0.717) is 5.52 Å². The number of alkyl halides is 3. The van der Waals surface area contributed by atoms with Crippen molar-refractivity contribution in [3.63, 3.8) is 0 Å². The van der Waals surface area contributed by atoms with E-state index in [1.165, 1.54) is 23.1 Å². The van der Waals surface area contributed by atoms with Gasteiger partial charge in [-0.15, -0.1) is 0 Å². The summed E-state index contributed by atoms with van der Waals surface area (Å²) in [6.07, 6.45) is -5.45. The SMILES string of the molecule is CC(C)n1c(C(F)(F)F)nc2cc(C(=O)N3CCOC(CC(=O)O)C3)ccc21. The Kier molecular flexibility index (Phi) is 5.33. The number of carboxylic acid groups (broad SMARTS) is 1. The van der Waals surface area contributed by atoms with Crippen molar-refractivity contribution in [3.8, 4) is 0 Å². The van der Waals surface area contributed by atoms with Crippen molar-refractivity contribution >= 4 is 22.9 Å². The van der Waals surface area contributed by atoms with Crippen molar-refractivity contribution in [3.05, 3.63) is 29.6 Å². The number of imidazole rings is 1. The standard InChI is InChI=1S/C18H20F3N3O4/c1-10(2)24-14-4-3-11(7-13(14)22-17(24)18(19,20)21)16(27)23-5-6-28-12(9-23)8-15(25)26/h3-4,7,10,12H,5-6,8-9H2,1-2H3,(H,25,26). The Bertz CT molecular complexity index is 907. The van der Waals surface area contributed by atoms with Crippen LogP contribution in [0.25, 0.3) is 11.0 Å². The Hall–Kier alpha value is -2.62. The fourth-order valence-electron chi connectivity index (χ4n) is 3.36. The van der Waals surface area contributed by atoms with Crippen molar-refractivity contribution in [2.45, 2.75) is 38.6 Å². The molecular weight excluding hydrogens is 379 g/mol. The average Bonchev–Trinajstić information content (AvgIpc) is 3.00. The van der Waals surface area contributed by atoms with Crippen LogP contribution in [0, 0.1) is 0 Å². The molecule has 0 bridgehead atoms. The zero-order chi connectivity index (χ0) is 20.6. The van der Waals surface area contributed by atoms with Crippen molar-refractivity contribution in [1.82, 2.24) is 14.5 Å². The summed E-state index contributed by atoms with van der Waals surface area (Å²) in [6, 6.07) is 3.81. The van der Waals surface area contributed by atoms with Gasteiger partial charge >= 0.3 is 12.1 Å². The van der Waals surface area contributed by atoms with E-state index >= 15 is 0 Å². The second kappa shape index (κ2) is 7.42. The lowest BCUT2D eigenvalue weighted by Gasteiger charge is -2.32. The Labute approximate surface area is 158 Å². The van der Waals surface area contributed by atoms with Crippen LogP contribution in [-0.4, -0.2) is 57.2 Å². The maximum atomic E-state index is 13.3. The molecule has 0 saturated carbocycles. The normalized spacial score (nSPS) is 18.1. The van der Waals surface area contributed by atoms with Crippen LogP contribution < -0.4 is 0 Å². The number of amides is 1. The highest BCUT2D eigenvalue weighted by Crippen LogP contribution is 2.34. The molecule has 1 atom stereocenters. The summed E-state index contributed by atoms with van der Waals surface area (Å²) >= 11 is 0. The molecule has 1 fully saturated rings. The van der Waals surface area contributed by atoms with Crippen LogP contribution in [0.5, 0.6) is 0 Å². The molecule has 1 saturated heterocycles. The van der Waals surface area contributed by atoms with Gasteiger partial charge in [-0.1, -0.05) is 0 Å². The van der Waals surface area contributed by atoms with Gasteiger partial charge in [0, 0.05) is 24.7 Å². The summed E-state index contributed by atoms with van der Waals surface area (Å²) in [5.41, 5.74) is 0.581. The number of halogens is 3. The number of carboxylic acids is 1. The number of carbonyl (C=O) groups is 2. The van der Waals surface area contributed by atoms with Gasteiger partial charge in [0.1, 0.15) is 0 Å². The van der Waals surface area contributed by atoms with E-state index in [2.05, 4.69) is 4.98 Å². The van der Waals surface area contributed by atoms with Crippen LogP contribution in [0.4, 0.5) is 13.2 Å². The average molecular weight is 399 g/mol. The molecule has 1 aliphatic heterocycles. The Morgan fingerprint density at radius 3 is 2.68 bits per heavy atom. The van der Waals surface area contributed by atoms with Crippen LogP contribution in [0.2, 0.25) is 0 Å². The van der Waals surface area contributed by atoms with Crippen LogP contribution in [-0.2, 0) is 15.7 Å². The van der Waals surface area contributed by atoms with E-state index in [1.807, 2.05) is 0 Å². The topological polar surface area (TPSA) is 84.7 Å². The lowest BCUT2D eigenvalue weighted by Crippen LogP contribution is -2.46. The molecule has 152 valence electrons. The molecule has 2 heterocycles. The number of aliphatic carboxylic acids is 1. The van der Waals surface area contributed by atoms with Crippen LogP contribution in [0.1, 0.15) is 42.5 Å². The van der Waals surface area contributed by atoms with Gasteiger partial charge < -0.3 is 19.3 Å². The van der Waals surface area contributed by atoms with Gasteiger partial charge in [-0.05, 0) is 32.0 Å². The number of rotatable bonds is 4. The fraction of sp³-hybridized carbons (Fsp3) is 0.500. The molecule has 7 nitrogen and oxygen atoms in total. The third-order valence-electron chi connectivity index (χ3n) is 4.53. The highest BCUT2D eigenvalue weighted by molar-refractivity contribution is 5.97. The molecule has 1 N–H and O–H groups in total. The summed E-state index contributed by atoms with van der Waals surface area (Å²) in [4.78, 5) is 28.8. The van der Waals surface area contributed by atoms with Crippen molar-refractivity contribution in [2.75, 3.05) is 19.7 Å². The first-order valence-corrected chi connectivity index (χ1v) is 8.79. The van der Waals surface area contributed by atoms with E-state index < -0.39 is 36.0 Å². The first-order valence-electron chi connectivity index (χ1n) is 8.79. The van der Waals surface area contributed by atoms with E-state index in [0.717, 1.165) is 4.57 Å². The number of aromatic nitrogens is 2. The number of morpholine rings is 1. The highest BCUT2D eigenvalue weighted by Gasteiger charge is 2.38. The van der Waals surface area contributed by atoms with Gasteiger partial charge in [0.2, 0.25) is 5.82 Å². The van der Waals surface area contributed by atoms with Gasteiger partial charge in [-0.25, -0.2) is 4.98 Å². The second-order valence-electron chi connectivity index (χ2n) is 6.94. The molecule has 0 radical (unpaired) electrons. The minimum absolute atomic E-state index is 0.0854. The second-order valence-corrected chi connectivity index (χ2v) is 6.94.